The summed E-state index contributed by atoms with van der Waals surface area (Å²) in [5.41, 5.74) is 0. The Labute approximate surface area is 67.2 Å². The normalized spacial score (nSPS) is 34.2. The molecule has 1 saturated carbocycles. The molecule has 1 N–H and O–H groups in total. The minimum atomic E-state index is 0.00546. The van der Waals surface area contributed by atoms with E-state index in [1.807, 2.05) is 11.8 Å². The Hall–Kier alpha value is 0.310. The van der Waals surface area contributed by atoms with Crippen molar-refractivity contribution in [2.45, 2.75) is 31.8 Å². The summed E-state index contributed by atoms with van der Waals surface area (Å²) in [4.78, 5) is 0. The molecule has 2 atom stereocenters. The lowest BCUT2D eigenvalue weighted by Crippen LogP contribution is -2.20. The van der Waals surface area contributed by atoms with E-state index in [1.165, 1.54) is 18.6 Å². The molecular weight excluding hydrogens is 144 g/mol. The monoisotopic (exact) mass is 160 g/mol. The fourth-order valence-electron chi connectivity index (χ4n) is 1.65. The van der Waals surface area contributed by atoms with Gasteiger partial charge in [-0.1, -0.05) is 6.42 Å². The summed E-state index contributed by atoms with van der Waals surface area (Å²) in [6.07, 6.45) is 6.78. The SMILES string of the molecule is CSC[C@H]1CCC[C@@H](O)C1. The molecule has 0 aliphatic heterocycles. The Kier molecular flexibility index (Phi) is 3.57. The van der Waals surface area contributed by atoms with E-state index in [9.17, 15) is 5.11 Å². The summed E-state index contributed by atoms with van der Waals surface area (Å²) >= 11 is 1.90. The zero-order valence-electron chi connectivity index (χ0n) is 6.55. The van der Waals surface area contributed by atoms with Crippen molar-refractivity contribution in [2.24, 2.45) is 5.92 Å². The van der Waals surface area contributed by atoms with E-state index in [2.05, 4.69) is 6.26 Å². The zero-order valence-corrected chi connectivity index (χ0v) is 7.36. The maximum absolute atomic E-state index is 9.30. The Morgan fingerprint density at radius 3 is 2.90 bits per heavy atom. The molecule has 1 aliphatic rings. The number of rotatable bonds is 2. The van der Waals surface area contributed by atoms with E-state index in [0.29, 0.717) is 0 Å². The van der Waals surface area contributed by atoms with Gasteiger partial charge in [0.05, 0.1) is 6.10 Å². The minimum absolute atomic E-state index is 0.00546. The lowest BCUT2D eigenvalue weighted by Gasteiger charge is -2.24. The molecule has 0 radical (unpaired) electrons. The van der Waals surface area contributed by atoms with Crippen LogP contribution in [0.25, 0.3) is 0 Å². The van der Waals surface area contributed by atoms with Gasteiger partial charge < -0.3 is 5.11 Å². The molecule has 0 aromatic heterocycles. The highest BCUT2D eigenvalue weighted by Gasteiger charge is 2.18. The first-order chi connectivity index (χ1) is 4.83. The highest BCUT2D eigenvalue weighted by Crippen LogP contribution is 2.26. The molecule has 1 rings (SSSR count). The van der Waals surface area contributed by atoms with Crippen LogP contribution in [0.1, 0.15) is 25.7 Å². The van der Waals surface area contributed by atoms with Crippen LogP contribution in [-0.2, 0) is 0 Å². The van der Waals surface area contributed by atoms with Gasteiger partial charge in [0.1, 0.15) is 0 Å². The van der Waals surface area contributed by atoms with Crippen molar-refractivity contribution in [3.8, 4) is 0 Å². The smallest absolute Gasteiger partial charge is 0.0543 e. The third-order valence-corrected chi connectivity index (χ3v) is 2.96. The largest absolute Gasteiger partial charge is 0.393 e. The Balaban J connectivity index is 2.18. The third-order valence-electron chi connectivity index (χ3n) is 2.16. The van der Waals surface area contributed by atoms with Crippen molar-refractivity contribution in [1.82, 2.24) is 0 Å². The van der Waals surface area contributed by atoms with Gasteiger partial charge in [-0.15, -0.1) is 0 Å². The van der Waals surface area contributed by atoms with Crippen LogP contribution in [0.4, 0.5) is 0 Å². The predicted octanol–water partition coefficient (Wildman–Crippen LogP) is 1.90. The fourth-order valence-corrected chi connectivity index (χ4v) is 2.42. The summed E-state index contributed by atoms with van der Waals surface area (Å²) in [7, 11) is 0. The number of aliphatic hydroxyl groups is 1. The zero-order chi connectivity index (χ0) is 7.40. The molecule has 0 unspecified atom stereocenters. The second-order valence-electron chi connectivity index (χ2n) is 3.14. The average molecular weight is 160 g/mol. The van der Waals surface area contributed by atoms with Crippen LogP contribution in [0.15, 0.2) is 0 Å². The third kappa shape index (κ3) is 2.51. The highest BCUT2D eigenvalue weighted by molar-refractivity contribution is 7.98. The fraction of sp³-hybridized carbons (Fsp3) is 1.00. The molecule has 0 aromatic carbocycles. The van der Waals surface area contributed by atoms with Crippen molar-refractivity contribution in [2.75, 3.05) is 12.0 Å². The van der Waals surface area contributed by atoms with Crippen molar-refractivity contribution in [3.05, 3.63) is 0 Å². The van der Waals surface area contributed by atoms with Crippen LogP contribution < -0.4 is 0 Å². The second kappa shape index (κ2) is 4.24. The average Bonchev–Trinajstić information content (AvgIpc) is 1.88. The van der Waals surface area contributed by atoms with Crippen LogP contribution in [-0.4, -0.2) is 23.2 Å². The molecule has 1 fully saturated rings. The van der Waals surface area contributed by atoms with Gasteiger partial charge in [0, 0.05) is 0 Å². The van der Waals surface area contributed by atoms with Gasteiger partial charge in [-0.2, -0.15) is 11.8 Å². The molecule has 0 amide bonds. The van der Waals surface area contributed by atoms with Crippen molar-refractivity contribution < 1.29 is 5.11 Å². The van der Waals surface area contributed by atoms with E-state index in [-0.39, 0.29) is 6.10 Å². The molecule has 0 heterocycles. The van der Waals surface area contributed by atoms with Gasteiger partial charge >= 0.3 is 0 Å². The van der Waals surface area contributed by atoms with Crippen LogP contribution in [0.3, 0.4) is 0 Å². The number of thioether (sulfide) groups is 1. The molecule has 10 heavy (non-hydrogen) atoms. The van der Waals surface area contributed by atoms with E-state index in [4.69, 9.17) is 0 Å². The van der Waals surface area contributed by atoms with E-state index < -0.39 is 0 Å². The first kappa shape index (κ1) is 8.41. The molecule has 0 spiro atoms. The molecule has 60 valence electrons. The van der Waals surface area contributed by atoms with Gasteiger partial charge in [-0.25, -0.2) is 0 Å². The van der Waals surface area contributed by atoms with E-state index >= 15 is 0 Å². The quantitative estimate of drug-likeness (QED) is 0.666. The summed E-state index contributed by atoms with van der Waals surface area (Å²) in [5.74, 6) is 2.02. The second-order valence-corrected chi connectivity index (χ2v) is 4.05. The Morgan fingerprint density at radius 1 is 1.50 bits per heavy atom. The summed E-state index contributed by atoms with van der Waals surface area (Å²) in [5, 5.41) is 9.30. The number of hydrogen-bond acceptors (Lipinski definition) is 2. The molecule has 0 aromatic rings. The van der Waals surface area contributed by atoms with Crippen LogP contribution in [0, 0.1) is 5.92 Å². The van der Waals surface area contributed by atoms with Gasteiger partial charge in [-0.05, 0) is 37.2 Å². The molecule has 0 saturated heterocycles. The van der Waals surface area contributed by atoms with E-state index in [0.717, 1.165) is 18.8 Å². The van der Waals surface area contributed by atoms with Gasteiger partial charge in [0.25, 0.3) is 0 Å². The molecule has 1 nitrogen and oxygen atoms in total. The standard InChI is InChI=1S/C8H16OS/c1-10-6-7-3-2-4-8(9)5-7/h7-9H,2-6H2,1H3/t7-,8+/m0/s1. The van der Waals surface area contributed by atoms with Gasteiger partial charge in [0.2, 0.25) is 0 Å². The summed E-state index contributed by atoms with van der Waals surface area (Å²) in [6, 6.07) is 0. The predicted molar refractivity (Wildman–Crippen MR) is 46.3 cm³/mol. The van der Waals surface area contributed by atoms with Gasteiger partial charge in [0.15, 0.2) is 0 Å². The van der Waals surface area contributed by atoms with Crippen LogP contribution >= 0.6 is 11.8 Å². The van der Waals surface area contributed by atoms with Crippen molar-refractivity contribution in [3.63, 3.8) is 0 Å². The minimum Gasteiger partial charge on any atom is -0.393 e. The van der Waals surface area contributed by atoms with Crippen molar-refractivity contribution >= 4 is 11.8 Å². The first-order valence-corrected chi connectivity index (χ1v) is 5.39. The number of aliphatic hydroxyl groups excluding tert-OH is 1. The maximum Gasteiger partial charge on any atom is 0.0543 e. The Bertz CT molecular complexity index is 93.3. The molecular formula is C8H16OS. The Morgan fingerprint density at radius 2 is 2.30 bits per heavy atom. The molecule has 0 bridgehead atoms. The molecule has 1 aliphatic carbocycles. The molecule has 2 heteroatoms. The van der Waals surface area contributed by atoms with Crippen LogP contribution in [0.2, 0.25) is 0 Å². The summed E-state index contributed by atoms with van der Waals surface area (Å²) in [6.45, 7) is 0. The topological polar surface area (TPSA) is 20.2 Å². The van der Waals surface area contributed by atoms with Crippen LogP contribution in [0.5, 0.6) is 0 Å². The van der Waals surface area contributed by atoms with Crippen molar-refractivity contribution in [1.29, 1.82) is 0 Å². The lowest BCUT2D eigenvalue weighted by atomic mass is 9.89. The van der Waals surface area contributed by atoms with Gasteiger partial charge in [-0.3, -0.25) is 0 Å². The number of hydrogen-bond donors (Lipinski definition) is 1. The van der Waals surface area contributed by atoms with E-state index in [1.54, 1.807) is 0 Å². The first-order valence-electron chi connectivity index (χ1n) is 4.00. The highest BCUT2D eigenvalue weighted by atomic mass is 32.2. The lowest BCUT2D eigenvalue weighted by molar-refractivity contribution is 0.107. The maximum atomic E-state index is 9.30. The summed E-state index contributed by atoms with van der Waals surface area (Å²) < 4.78 is 0.